The topological polar surface area (TPSA) is 48.1 Å². The van der Waals surface area contributed by atoms with Gasteiger partial charge < -0.3 is 10.5 Å². The van der Waals surface area contributed by atoms with E-state index in [1.54, 1.807) is 0 Å². The molecule has 0 radical (unpaired) electrons. The van der Waals surface area contributed by atoms with Gasteiger partial charge in [0, 0.05) is 11.1 Å². The summed E-state index contributed by atoms with van der Waals surface area (Å²) in [5, 5.41) is 0.575. The van der Waals surface area contributed by atoms with E-state index in [2.05, 4.69) is 4.98 Å². The first-order valence-electron chi connectivity index (χ1n) is 4.72. The summed E-state index contributed by atoms with van der Waals surface area (Å²) >= 11 is 11.5. The number of anilines is 1. The molecule has 0 aliphatic heterocycles. The van der Waals surface area contributed by atoms with Crippen LogP contribution < -0.4 is 10.5 Å². The van der Waals surface area contributed by atoms with Crippen LogP contribution in [0.2, 0.25) is 10.0 Å². The second-order valence-corrected chi connectivity index (χ2v) is 4.16. The highest BCUT2D eigenvalue weighted by molar-refractivity contribution is 6.35. The highest BCUT2D eigenvalue weighted by atomic mass is 35.5. The van der Waals surface area contributed by atoms with Crippen molar-refractivity contribution in [1.82, 2.24) is 4.98 Å². The minimum Gasteiger partial charge on any atom is -0.435 e. The van der Waals surface area contributed by atoms with E-state index >= 15 is 0 Å². The summed E-state index contributed by atoms with van der Waals surface area (Å²) in [5.74, 6) is -2.72. The summed E-state index contributed by atoms with van der Waals surface area (Å²) < 4.78 is 31.4. The Balaban J connectivity index is 2.37. The maximum absolute atomic E-state index is 13.4. The highest BCUT2D eigenvalue weighted by Crippen LogP contribution is 2.32. The Morgan fingerprint density at radius 3 is 2.50 bits per heavy atom. The molecule has 0 spiro atoms. The number of halogens is 4. The molecular formula is C11H6Cl2F2N2O. The van der Waals surface area contributed by atoms with E-state index in [4.69, 9.17) is 33.7 Å². The van der Waals surface area contributed by atoms with Crippen molar-refractivity contribution < 1.29 is 13.5 Å². The lowest BCUT2D eigenvalue weighted by molar-refractivity contribution is 0.418. The molecule has 0 bridgehead atoms. The molecule has 2 N–H and O–H groups in total. The van der Waals surface area contributed by atoms with Crippen molar-refractivity contribution in [2.45, 2.75) is 0 Å². The van der Waals surface area contributed by atoms with Crippen molar-refractivity contribution in [1.29, 1.82) is 0 Å². The van der Waals surface area contributed by atoms with Gasteiger partial charge in [-0.25, -0.2) is 8.78 Å². The van der Waals surface area contributed by atoms with Gasteiger partial charge in [-0.3, -0.25) is 0 Å². The maximum Gasteiger partial charge on any atom is 0.258 e. The average Bonchev–Trinajstić information content (AvgIpc) is 2.29. The summed E-state index contributed by atoms with van der Waals surface area (Å²) in [6.45, 7) is 0. The fourth-order valence-corrected chi connectivity index (χ4v) is 1.64. The van der Waals surface area contributed by atoms with Crippen LogP contribution in [0.5, 0.6) is 11.6 Å². The van der Waals surface area contributed by atoms with Crippen LogP contribution in [0.4, 0.5) is 14.6 Å². The van der Waals surface area contributed by atoms with Gasteiger partial charge in [-0.1, -0.05) is 23.2 Å². The van der Waals surface area contributed by atoms with Crippen LogP contribution >= 0.6 is 23.2 Å². The number of pyridine rings is 1. The Bertz CT molecular complexity index is 608. The number of rotatable bonds is 2. The molecule has 0 atom stereocenters. The number of aromatic nitrogens is 1. The Kier molecular flexibility index (Phi) is 3.54. The molecule has 0 saturated carbocycles. The van der Waals surface area contributed by atoms with Crippen LogP contribution in [0.15, 0.2) is 24.3 Å². The van der Waals surface area contributed by atoms with Gasteiger partial charge in [0.25, 0.3) is 5.88 Å². The molecule has 7 heteroatoms. The Morgan fingerprint density at radius 1 is 1.11 bits per heavy atom. The lowest BCUT2D eigenvalue weighted by Gasteiger charge is -2.08. The molecule has 2 rings (SSSR count). The van der Waals surface area contributed by atoms with Crippen LogP contribution in [-0.4, -0.2) is 4.98 Å². The summed E-state index contributed by atoms with van der Waals surface area (Å²) in [4.78, 5) is 3.45. The van der Waals surface area contributed by atoms with E-state index in [1.165, 1.54) is 18.2 Å². The largest absolute Gasteiger partial charge is 0.435 e. The first-order chi connectivity index (χ1) is 8.47. The zero-order valence-electron chi connectivity index (χ0n) is 8.75. The molecule has 0 amide bonds. The molecule has 0 unspecified atom stereocenters. The lowest BCUT2D eigenvalue weighted by atomic mass is 10.3. The highest BCUT2D eigenvalue weighted by Gasteiger charge is 2.13. The quantitative estimate of drug-likeness (QED) is 0.908. The third-order valence-corrected chi connectivity index (χ3v) is 2.56. The minimum absolute atomic E-state index is 0.137. The van der Waals surface area contributed by atoms with E-state index in [0.29, 0.717) is 11.1 Å². The number of hydrogen-bond donors (Lipinski definition) is 1. The molecular weight excluding hydrogens is 285 g/mol. The first-order valence-corrected chi connectivity index (χ1v) is 5.47. The molecule has 2 aromatic rings. The molecule has 18 heavy (non-hydrogen) atoms. The molecule has 94 valence electrons. The first kappa shape index (κ1) is 12.9. The van der Waals surface area contributed by atoms with Crippen molar-refractivity contribution >= 4 is 29.0 Å². The fourth-order valence-electron chi connectivity index (χ4n) is 1.20. The monoisotopic (exact) mass is 290 g/mol. The third-order valence-electron chi connectivity index (χ3n) is 2.03. The molecule has 0 aliphatic rings. The third kappa shape index (κ3) is 2.63. The second kappa shape index (κ2) is 4.96. The summed E-state index contributed by atoms with van der Waals surface area (Å²) in [6, 6.07) is 4.95. The standard InChI is InChI=1S/C11H6Cl2F2N2O/c12-5-1-2-9(6(13)3-5)18-11-8(15)4-7(14)10(16)17-11/h1-4H,(H2,16,17). The Hall–Kier alpha value is -1.59. The number of hydrogen-bond acceptors (Lipinski definition) is 3. The Labute approximate surface area is 111 Å². The zero-order chi connectivity index (χ0) is 13.3. The van der Waals surface area contributed by atoms with E-state index in [0.717, 1.165) is 0 Å². The van der Waals surface area contributed by atoms with Crippen molar-refractivity contribution in [3.8, 4) is 11.6 Å². The smallest absolute Gasteiger partial charge is 0.258 e. The second-order valence-electron chi connectivity index (χ2n) is 3.32. The molecule has 0 saturated heterocycles. The van der Waals surface area contributed by atoms with Gasteiger partial charge in [-0.05, 0) is 18.2 Å². The van der Waals surface area contributed by atoms with Crippen LogP contribution in [-0.2, 0) is 0 Å². The molecule has 1 aromatic heterocycles. The van der Waals surface area contributed by atoms with Crippen molar-refractivity contribution in [3.63, 3.8) is 0 Å². The summed E-state index contributed by atoms with van der Waals surface area (Å²) in [6.07, 6.45) is 0. The molecule has 3 nitrogen and oxygen atoms in total. The van der Waals surface area contributed by atoms with E-state index in [-0.39, 0.29) is 10.8 Å². The van der Waals surface area contributed by atoms with Gasteiger partial charge in [0.1, 0.15) is 5.75 Å². The van der Waals surface area contributed by atoms with E-state index in [9.17, 15) is 8.78 Å². The van der Waals surface area contributed by atoms with Gasteiger partial charge in [0.15, 0.2) is 17.5 Å². The van der Waals surface area contributed by atoms with Gasteiger partial charge in [-0.15, -0.1) is 0 Å². The lowest BCUT2D eigenvalue weighted by Crippen LogP contribution is -2.00. The SMILES string of the molecule is Nc1nc(Oc2ccc(Cl)cc2Cl)c(F)cc1F. The van der Waals surface area contributed by atoms with E-state index in [1.807, 2.05) is 0 Å². The van der Waals surface area contributed by atoms with Gasteiger partial charge in [-0.2, -0.15) is 4.98 Å². The Morgan fingerprint density at radius 2 is 1.83 bits per heavy atom. The van der Waals surface area contributed by atoms with Gasteiger partial charge in [0.2, 0.25) is 0 Å². The van der Waals surface area contributed by atoms with Crippen LogP contribution in [0, 0.1) is 11.6 Å². The number of ether oxygens (including phenoxy) is 1. The summed E-state index contributed by atoms with van der Waals surface area (Å²) in [5.41, 5.74) is 5.22. The van der Waals surface area contributed by atoms with Crippen LogP contribution in [0.25, 0.3) is 0 Å². The van der Waals surface area contributed by atoms with E-state index < -0.39 is 23.3 Å². The fraction of sp³-hybridized carbons (Fsp3) is 0. The zero-order valence-corrected chi connectivity index (χ0v) is 10.3. The molecule has 0 fully saturated rings. The number of benzene rings is 1. The van der Waals surface area contributed by atoms with Gasteiger partial charge >= 0.3 is 0 Å². The normalized spacial score (nSPS) is 10.4. The number of nitrogens with zero attached hydrogens (tertiary/aromatic N) is 1. The molecule has 1 heterocycles. The van der Waals surface area contributed by atoms with Gasteiger partial charge in [0.05, 0.1) is 5.02 Å². The average molecular weight is 291 g/mol. The number of nitrogens with two attached hydrogens (primary N) is 1. The van der Waals surface area contributed by atoms with Crippen molar-refractivity contribution in [3.05, 3.63) is 45.9 Å². The predicted octanol–water partition coefficient (Wildman–Crippen LogP) is 4.04. The molecule has 0 aliphatic carbocycles. The van der Waals surface area contributed by atoms with Crippen molar-refractivity contribution in [2.24, 2.45) is 0 Å². The van der Waals surface area contributed by atoms with Crippen LogP contribution in [0.1, 0.15) is 0 Å². The van der Waals surface area contributed by atoms with Crippen molar-refractivity contribution in [2.75, 3.05) is 5.73 Å². The molecule has 1 aromatic carbocycles. The van der Waals surface area contributed by atoms with Crippen LogP contribution in [0.3, 0.4) is 0 Å². The summed E-state index contributed by atoms with van der Waals surface area (Å²) in [7, 11) is 0. The maximum atomic E-state index is 13.4. The minimum atomic E-state index is -0.979. The predicted molar refractivity (Wildman–Crippen MR) is 65.1 cm³/mol. The number of nitrogen functional groups attached to an aromatic ring is 1.